The highest BCUT2D eigenvalue weighted by Gasteiger charge is 2.24. The minimum Gasteiger partial charge on any atom is -0.307 e. The van der Waals surface area contributed by atoms with Gasteiger partial charge >= 0.3 is 0 Å². The molecule has 0 aliphatic rings. The third-order valence-electron chi connectivity index (χ3n) is 11.2. The van der Waals surface area contributed by atoms with Gasteiger partial charge in [-0.3, -0.25) is 4.57 Å². The van der Waals surface area contributed by atoms with Gasteiger partial charge in [0.1, 0.15) is 0 Å². The van der Waals surface area contributed by atoms with E-state index in [0.29, 0.717) is 17.6 Å². The van der Waals surface area contributed by atoms with Crippen LogP contribution in [0.25, 0.3) is 109 Å². The van der Waals surface area contributed by atoms with Crippen molar-refractivity contribution in [2.24, 2.45) is 0 Å². The lowest BCUT2D eigenvalue weighted by molar-refractivity contribution is 0.954. The van der Waals surface area contributed by atoms with E-state index in [9.17, 15) is 0 Å². The highest BCUT2D eigenvalue weighted by molar-refractivity contribution is 7.26. The maximum Gasteiger partial charge on any atom is 0.238 e. The monoisotopic (exact) mass is 745 g/mol. The molecule has 4 aromatic heterocycles. The smallest absolute Gasteiger partial charge is 0.238 e. The summed E-state index contributed by atoms with van der Waals surface area (Å²) < 4.78 is 7.09. The molecule has 0 atom stereocenters. The normalized spacial score (nSPS) is 11.9. The van der Waals surface area contributed by atoms with E-state index in [0.717, 1.165) is 55.0 Å². The van der Waals surface area contributed by atoms with Gasteiger partial charge in [0.2, 0.25) is 5.95 Å². The number of aromatic nitrogens is 5. The Morgan fingerprint density at radius 3 is 1.68 bits per heavy atom. The van der Waals surface area contributed by atoms with Gasteiger partial charge < -0.3 is 4.57 Å². The molecule has 6 heteroatoms. The van der Waals surface area contributed by atoms with Crippen LogP contribution < -0.4 is 0 Å². The molecule has 0 fully saturated rings. The Hall–Kier alpha value is -7.41. The maximum absolute atomic E-state index is 5.49. The zero-order chi connectivity index (χ0) is 37.5. The molecule has 12 rings (SSSR count). The molecule has 0 radical (unpaired) electrons. The Balaban J connectivity index is 1.21. The largest absolute Gasteiger partial charge is 0.307 e. The van der Waals surface area contributed by atoms with Crippen LogP contribution in [-0.4, -0.2) is 24.1 Å². The molecule has 0 unspecified atom stereocenters. The quantitative estimate of drug-likeness (QED) is 0.176. The SMILES string of the molecule is c1ccc(-c2ccc3sc4cccc(-c5nc(-c6ccccc6)nc(-n6c7ccccc7c7ccc8c9ccccc9n(-c9ccccc9)c8c76)n5)c4c3c2)cc1. The molecule has 0 aliphatic carbocycles. The second kappa shape index (κ2) is 12.6. The van der Waals surface area contributed by atoms with Gasteiger partial charge in [-0.05, 0) is 53.6 Å². The van der Waals surface area contributed by atoms with Crippen LogP contribution >= 0.6 is 11.3 Å². The van der Waals surface area contributed by atoms with Crippen LogP contribution in [0.3, 0.4) is 0 Å². The lowest BCUT2D eigenvalue weighted by Crippen LogP contribution is -2.07. The van der Waals surface area contributed by atoms with E-state index in [4.69, 9.17) is 15.0 Å². The topological polar surface area (TPSA) is 48.5 Å². The lowest BCUT2D eigenvalue weighted by Gasteiger charge is -2.13. The summed E-state index contributed by atoms with van der Waals surface area (Å²) in [4.78, 5) is 16.1. The molecular formula is C51H31N5S. The second-order valence-corrected chi connectivity index (χ2v) is 15.5. The molecular weight excluding hydrogens is 715 g/mol. The van der Waals surface area contributed by atoms with Crippen molar-refractivity contribution in [2.75, 3.05) is 0 Å². The summed E-state index contributed by atoms with van der Waals surface area (Å²) in [6, 6.07) is 66.6. The minimum atomic E-state index is 0.573. The number of para-hydroxylation sites is 3. The van der Waals surface area contributed by atoms with Gasteiger partial charge in [-0.2, -0.15) is 9.97 Å². The van der Waals surface area contributed by atoms with Gasteiger partial charge in [-0.1, -0.05) is 146 Å². The van der Waals surface area contributed by atoms with Crippen LogP contribution in [-0.2, 0) is 0 Å². The molecule has 266 valence electrons. The Morgan fingerprint density at radius 2 is 0.965 bits per heavy atom. The summed E-state index contributed by atoms with van der Waals surface area (Å²) in [6.07, 6.45) is 0. The molecule has 57 heavy (non-hydrogen) atoms. The molecule has 0 N–H and O–H groups in total. The first kappa shape index (κ1) is 31.9. The van der Waals surface area contributed by atoms with E-state index in [2.05, 4.69) is 179 Å². The van der Waals surface area contributed by atoms with Crippen molar-refractivity contribution in [3.63, 3.8) is 0 Å². The number of fused-ring (bicyclic) bond motifs is 10. The van der Waals surface area contributed by atoms with Gasteiger partial charge in [0.05, 0.1) is 22.1 Å². The highest BCUT2D eigenvalue weighted by atomic mass is 32.1. The molecule has 0 aliphatic heterocycles. The van der Waals surface area contributed by atoms with Crippen LogP contribution in [0.15, 0.2) is 188 Å². The van der Waals surface area contributed by atoms with Crippen LogP contribution in [0.1, 0.15) is 0 Å². The van der Waals surface area contributed by atoms with Crippen molar-refractivity contribution in [1.29, 1.82) is 0 Å². The number of rotatable bonds is 5. The van der Waals surface area contributed by atoms with Crippen molar-refractivity contribution in [1.82, 2.24) is 24.1 Å². The summed E-state index contributed by atoms with van der Waals surface area (Å²) in [5, 5.41) is 7.00. The van der Waals surface area contributed by atoms with Crippen molar-refractivity contribution >= 4 is 75.1 Å². The molecule has 4 heterocycles. The van der Waals surface area contributed by atoms with Crippen LogP contribution in [0.2, 0.25) is 0 Å². The zero-order valence-corrected chi connectivity index (χ0v) is 31.4. The van der Waals surface area contributed by atoms with Gasteiger partial charge in [-0.15, -0.1) is 11.3 Å². The standard InChI is InChI=1S/C51H31N5S/c1-4-15-32(16-5-1)34-27-30-44-41(31-34)46-40(23-14-26-45(46)57-44)50-52-49(33-17-6-2-7-18-33)53-51(54-50)56-43-25-13-11-22-37(43)39-29-28-38-36-21-10-12-24-42(36)55(47(38)48(39)56)35-19-8-3-9-20-35/h1-31H. The van der Waals surface area contributed by atoms with Gasteiger partial charge in [-0.25, -0.2) is 4.98 Å². The van der Waals surface area contributed by atoms with E-state index in [1.54, 1.807) is 11.3 Å². The summed E-state index contributed by atoms with van der Waals surface area (Å²) >= 11 is 1.80. The number of benzene rings is 8. The number of hydrogen-bond acceptors (Lipinski definition) is 4. The molecule has 0 amide bonds. The first-order valence-electron chi connectivity index (χ1n) is 19.1. The average molecular weight is 746 g/mol. The summed E-state index contributed by atoms with van der Waals surface area (Å²) in [5.74, 6) is 1.83. The predicted molar refractivity (Wildman–Crippen MR) is 238 cm³/mol. The Kier molecular flexibility index (Phi) is 7.03. The fourth-order valence-electron chi connectivity index (χ4n) is 8.68. The first-order chi connectivity index (χ1) is 28.3. The molecule has 5 nitrogen and oxygen atoms in total. The number of nitrogens with zero attached hydrogens (tertiary/aromatic N) is 5. The minimum absolute atomic E-state index is 0.573. The maximum atomic E-state index is 5.49. The van der Waals surface area contributed by atoms with Crippen molar-refractivity contribution in [3.05, 3.63) is 188 Å². The molecule has 0 spiro atoms. The fourth-order valence-corrected chi connectivity index (χ4v) is 9.79. The third-order valence-corrected chi connectivity index (χ3v) is 12.3. The van der Waals surface area contributed by atoms with Gasteiger partial charge in [0.25, 0.3) is 0 Å². The zero-order valence-electron chi connectivity index (χ0n) is 30.5. The van der Waals surface area contributed by atoms with Crippen LogP contribution in [0.5, 0.6) is 0 Å². The Bertz CT molecular complexity index is 3510. The lowest BCUT2D eigenvalue weighted by atomic mass is 10.0. The fraction of sp³-hybridized carbons (Fsp3) is 0. The molecule has 0 bridgehead atoms. The van der Waals surface area contributed by atoms with Gasteiger partial charge in [0.15, 0.2) is 11.6 Å². The van der Waals surface area contributed by atoms with E-state index in [1.807, 2.05) is 18.2 Å². The van der Waals surface area contributed by atoms with Crippen LogP contribution in [0.4, 0.5) is 0 Å². The van der Waals surface area contributed by atoms with Crippen molar-refractivity contribution in [3.8, 4) is 45.5 Å². The van der Waals surface area contributed by atoms with E-state index >= 15 is 0 Å². The predicted octanol–water partition coefficient (Wildman–Crippen LogP) is 13.4. The molecule has 12 aromatic rings. The Labute approximate surface area is 331 Å². The van der Waals surface area contributed by atoms with Gasteiger partial charge in [0, 0.05) is 58.5 Å². The van der Waals surface area contributed by atoms with E-state index in [1.165, 1.54) is 36.7 Å². The first-order valence-corrected chi connectivity index (χ1v) is 19.9. The third kappa shape index (κ3) is 4.91. The van der Waals surface area contributed by atoms with Crippen LogP contribution in [0, 0.1) is 0 Å². The van der Waals surface area contributed by atoms with Crippen molar-refractivity contribution in [2.45, 2.75) is 0 Å². The van der Waals surface area contributed by atoms with E-state index < -0.39 is 0 Å². The number of hydrogen-bond donors (Lipinski definition) is 0. The van der Waals surface area contributed by atoms with E-state index in [-0.39, 0.29) is 0 Å². The highest BCUT2D eigenvalue weighted by Crippen LogP contribution is 2.43. The van der Waals surface area contributed by atoms with Crippen molar-refractivity contribution < 1.29 is 0 Å². The second-order valence-electron chi connectivity index (χ2n) is 14.4. The Morgan fingerprint density at radius 1 is 0.368 bits per heavy atom. The average Bonchev–Trinajstić information content (AvgIpc) is 3.95. The summed E-state index contributed by atoms with van der Waals surface area (Å²) in [5.41, 5.74) is 9.73. The molecule has 8 aromatic carbocycles. The number of thiophene rings is 1. The molecule has 0 saturated heterocycles. The summed E-state index contributed by atoms with van der Waals surface area (Å²) in [6.45, 7) is 0. The summed E-state index contributed by atoms with van der Waals surface area (Å²) in [7, 11) is 0. The molecule has 0 saturated carbocycles.